The molecule has 3 rings (SSSR count). The van der Waals surface area contributed by atoms with Crippen molar-refractivity contribution in [3.8, 4) is 11.1 Å². The van der Waals surface area contributed by atoms with E-state index in [2.05, 4.69) is 17.4 Å². The van der Waals surface area contributed by atoms with E-state index in [4.69, 9.17) is 4.74 Å². The summed E-state index contributed by atoms with van der Waals surface area (Å²) in [5.41, 5.74) is 3.06. The Morgan fingerprint density at radius 3 is 2.15 bits per heavy atom. The Balaban J connectivity index is 1.70. The van der Waals surface area contributed by atoms with E-state index in [0.717, 1.165) is 27.2 Å². The molecule has 2 amide bonds. The normalized spacial score (nSPS) is 13.6. The van der Waals surface area contributed by atoms with Gasteiger partial charge in [-0.1, -0.05) is 48.5 Å². The highest BCUT2D eigenvalue weighted by Crippen LogP contribution is 2.44. The lowest BCUT2D eigenvalue weighted by molar-refractivity contribution is -0.156. The van der Waals surface area contributed by atoms with E-state index >= 15 is 0 Å². The van der Waals surface area contributed by atoms with Crippen molar-refractivity contribution in [2.45, 2.75) is 37.8 Å². The average molecular weight is 471 g/mol. The molecule has 0 saturated carbocycles. The second-order valence-electron chi connectivity index (χ2n) is 8.57. The number of thioether (sulfide) groups is 1. The monoisotopic (exact) mass is 470 g/mol. The zero-order valence-electron chi connectivity index (χ0n) is 19.3. The number of hydrogen-bond donors (Lipinski definition) is 2. The van der Waals surface area contributed by atoms with Gasteiger partial charge in [-0.25, -0.2) is 9.59 Å². The van der Waals surface area contributed by atoms with E-state index in [1.165, 1.54) is 32.7 Å². The molecule has 7 nitrogen and oxygen atoms in total. The summed E-state index contributed by atoms with van der Waals surface area (Å²) in [5.74, 6) is -1.05. The maximum absolute atomic E-state index is 13.0. The Kier molecular flexibility index (Phi) is 7.68. The minimum absolute atomic E-state index is 0.0860. The first-order valence-corrected chi connectivity index (χ1v) is 12.2. The summed E-state index contributed by atoms with van der Waals surface area (Å²) in [4.78, 5) is 38.4. The summed E-state index contributed by atoms with van der Waals surface area (Å²) < 4.78 is 5.57. The molecular formula is C25H30N2O5S. The molecule has 0 saturated heterocycles. The van der Waals surface area contributed by atoms with Gasteiger partial charge < -0.3 is 20.1 Å². The predicted octanol–water partition coefficient (Wildman–Crippen LogP) is 3.97. The number of carbonyl (C=O) groups is 3. The summed E-state index contributed by atoms with van der Waals surface area (Å²) in [6.07, 6.45) is 1.57. The molecule has 8 heteroatoms. The molecule has 1 aliphatic rings. The molecule has 176 valence electrons. The number of carboxylic acid groups (broad SMARTS) is 1. The van der Waals surface area contributed by atoms with Gasteiger partial charge in [-0.15, -0.1) is 0 Å². The van der Waals surface area contributed by atoms with Gasteiger partial charge in [0.2, 0.25) is 5.91 Å². The van der Waals surface area contributed by atoms with Crippen molar-refractivity contribution in [1.82, 2.24) is 10.2 Å². The van der Waals surface area contributed by atoms with Crippen LogP contribution in [0.5, 0.6) is 0 Å². The van der Waals surface area contributed by atoms with Gasteiger partial charge in [-0.2, -0.15) is 11.8 Å². The third kappa shape index (κ3) is 5.16. The van der Waals surface area contributed by atoms with Crippen LogP contribution in [0.15, 0.2) is 48.5 Å². The SMILES string of the molecule is CSCC[C@H](NC(=O)OCC1c2ccccc2-c2ccccc21)C(=O)N(C)C(C)(C)C(=O)O. The molecule has 0 aromatic heterocycles. The van der Waals surface area contributed by atoms with Gasteiger partial charge in [-0.3, -0.25) is 4.79 Å². The quantitative estimate of drug-likeness (QED) is 0.576. The fourth-order valence-electron chi connectivity index (χ4n) is 3.93. The number of nitrogens with one attached hydrogen (secondary N) is 1. The van der Waals surface area contributed by atoms with Crippen LogP contribution in [0.3, 0.4) is 0 Å². The molecule has 0 unspecified atom stereocenters. The van der Waals surface area contributed by atoms with Crippen LogP contribution in [0.2, 0.25) is 0 Å². The maximum Gasteiger partial charge on any atom is 0.407 e. The second-order valence-corrected chi connectivity index (χ2v) is 9.55. The molecule has 1 aliphatic carbocycles. The molecule has 0 aliphatic heterocycles. The number of benzene rings is 2. The van der Waals surface area contributed by atoms with Crippen LogP contribution < -0.4 is 5.32 Å². The number of rotatable bonds is 9. The largest absolute Gasteiger partial charge is 0.480 e. The van der Waals surface area contributed by atoms with Crippen molar-refractivity contribution >= 4 is 29.7 Å². The van der Waals surface area contributed by atoms with Crippen molar-refractivity contribution < 1.29 is 24.2 Å². The highest BCUT2D eigenvalue weighted by atomic mass is 32.2. The van der Waals surface area contributed by atoms with Crippen LogP contribution in [-0.2, 0) is 14.3 Å². The lowest BCUT2D eigenvalue weighted by Gasteiger charge is -2.34. The molecule has 2 aromatic carbocycles. The van der Waals surface area contributed by atoms with E-state index in [0.29, 0.717) is 12.2 Å². The molecule has 0 spiro atoms. The first kappa shape index (κ1) is 24.6. The Labute approximate surface area is 198 Å². The fraction of sp³-hybridized carbons (Fsp3) is 0.400. The standard InChI is InChI=1S/C25H30N2O5S/c1-25(2,23(29)30)27(3)22(28)21(13-14-33-4)26-24(31)32-15-20-18-11-7-5-9-16(18)17-10-6-8-12-19(17)20/h5-12,20-21H,13-15H2,1-4H3,(H,26,31)(H,29,30)/t21-/m0/s1. The Morgan fingerprint density at radius 2 is 1.64 bits per heavy atom. The van der Waals surface area contributed by atoms with E-state index in [-0.39, 0.29) is 12.5 Å². The van der Waals surface area contributed by atoms with Crippen LogP contribution in [-0.4, -0.2) is 65.2 Å². The third-order valence-electron chi connectivity index (χ3n) is 6.24. The number of nitrogens with zero attached hydrogens (tertiary/aromatic N) is 1. The Morgan fingerprint density at radius 1 is 1.09 bits per heavy atom. The number of alkyl carbamates (subject to hydrolysis) is 1. The molecule has 2 aromatic rings. The number of carboxylic acids is 1. The molecule has 33 heavy (non-hydrogen) atoms. The average Bonchev–Trinajstić information content (AvgIpc) is 3.13. The fourth-order valence-corrected chi connectivity index (χ4v) is 4.40. The minimum Gasteiger partial charge on any atom is -0.480 e. The molecular weight excluding hydrogens is 440 g/mol. The first-order chi connectivity index (χ1) is 15.7. The molecule has 2 N–H and O–H groups in total. The number of fused-ring (bicyclic) bond motifs is 3. The molecule has 0 radical (unpaired) electrons. The van der Waals surface area contributed by atoms with Crippen molar-refractivity contribution in [3.05, 3.63) is 59.7 Å². The van der Waals surface area contributed by atoms with Gasteiger partial charge in [0, 0.05) is 13.0 Å². The lowest BCUT2D eigenvalue weighted by atomic mass is 9.98. The number of amides is 2. The van der Waals surface area contributed by atoms with Gasteiger partial charge in [-0.05, 0) is 54.5 Å². The summed E-state index contributed by atoms with van der Waals surface area (Å²) in [5, 5.41) is 12.1. The smallest absolute Gasteiger partial charge is 0.407 e. The third-order valence-corrected chi connectivity index (χ3v) is 6.88. The van der Waals surface area contributed by atoms with Crippen LogP contribution in [0.25, 0.3) is 11.1 Å². The van der Waals surface area contributed by atoms with Gasteiger partial charge in [0.15, 0.2) is 0 Å². The van der Waals surface area contributed by atoms with Crippen molar-refractivity contribution in [3.63, 3.8) is 0 Å². The highest BCUT2D eigenvalue weighted by molar-refractivity contribution is 7.98. The lowest BCUT2D eigenvalue weighted by Crippen LogP contribution is -2.57. The van der Waals surface area contributed by atoms with Crippen LogP contribution in [0, 0.1) is 0 Å². The van der Waals surface area contributed by atoms with Gasteiger partial charge in [0.1, 0.15) is 18.2 Å². The zero-order chi connectivity index (χ0) is 24.2. The molecule has 0 bridgehead atoms. The summed E-state index contributed by atoms with van der Waals surface area (Å²) in [6, 6.07) is 15.2. The zero-order valence-corrected chi connectivity index (χ0v) is 20.1. The number of hydrogen-bond acceptors (Lipinski definition) is 5. The highest BCUT2D eigenvalue weighted by Gasteiger charge is 2.38. The van der Waals surface area contributed by atoms with Crippen molar-refractivity contribution in [1.29, 1.82) is 0 Å². The number of aliphatic carboxylic acids is 1. The van der Waals surface area contributed by atoms with E-state index in [1.54, 1.807) is 0 Å². The van der Waals surface area contributed by atoms with E-state index in [9.17, 15) is 19.5 Å². The first-order valence-electron chi connectivity index (χ1n) is 10.8. The van der Waals surface area contributed by atoms with Gasteiger partial charge >= 0.3 is 12.1 Å². The van der Waals surface area contributed by atoms with Crippen LogP contribution in [0.1, 0.15) is 37.3 Å². The van der Waals surface area contributed by atoms with Crippen molar-refractivity contribution in [2.75, 3.05) is 25.7 Å². The second kappa shape index (κ2) is 10.3. The van der Waals surface area contributed by atoms with E-state index < -0.39 is 29.6 Å². The topological polar surface area (TPSA) is 95.9 Å². The molecule has 0 heterocycles. The van der Waals surface area contributed by atoms with Crippen molar-refractivity contribution in [2.24, 2.45) is 0 Å². The molecule has 1 atom stereocenters. The predicted molar refractivity (Wildman–Crippen MR) is 129 cm³/mol. The minimum atomic E-state index is -1.41. The van der Waals surface area contributed by atoms with Gasteiger partial charge in [0.05, 0.1) is 0 Å². The molecule has 0 fully saturated rings. The van der Waals surface area contributed by atoms with E-state index in [1.807, 2.05) is 42.7 Å². The Hall–Kier alpha value is -3.00. The van der Waals surface area contributed by atoms with Gasteiger partial charge in [0.25, 0.3) is 0 Å². The summed E-state index contributed by atoms with van der Waals surface area (Å²) in [7, 11) is 1.43. The summed E-state index contributed by atoms with van der Waals surface area (Å²) >= 11 is 1.54. The number of likely N-dealkylation sites (N-methyl/N-ethyl adjacent to an activating group) is 1. The Bertz CT molecular complexity index is 993. The van der Waals surface area contributed by atoms with Crippen LogP contribution in [0.4, 0.5) is 4.79 Å². The summed E-state index contributed by atoms with van der Waals surface area (Å²) in [6.45, 7) is 3.04. The maximum atomic E-state index is 13.0. The number of carbonyl (C=O) groups excluding carboxylic acids is 2. The number of ether oxygens (including phenoxy) is 1. The van der Waals surface area contributed by atoms with Crippen LogP contribution >= 0.6 is 11.8 Å².